The summed E-state index contributed by atoms with van der Waals surface area (Å²) in [6, 6.07) is 14.8. The van der Waals surface area contributed by atoms with E-state index in [1.165, 1.54) is 11.0 Å². The molecule has 0 spiro atoms. The summed E-state index contributed by atoms with van der Waals surface area (Å²) in [6.45, 7) is 1.50. The Kier molecular flexibility index (Phi) is 5.71. The van der Waals surface area contributed by atoms with Crippen molar-refractivity contribution in [3.05, 3.63) is 83.8 Å². The number of aromatic amines is 1. The maximum atomic E-state index is 12.9. The number of H-pyrrole nitrogens is 1. The lowest BCUT2D eigenvalue weighted by molar-refractivity contribution is 0.0705. The number of piperidine rings is 1. The normalized spacial score (nSPS) is 14.4. The fourth-order valence-electron chi connectivity index (χ4n) is 3.94. The number of hydrogen-bond acceptors (Lipinski definition) is 6. The van der Waals surface area contributed by atoms with Gasteiger partial charge in [0.1, 0.15) is 11.5 Å². The van der Waals surface area contributed by atoms with Crippen LogP contribution in [0.15, 0.2) is 65.4 Å². The van der Waals surface area contributed by atoms with Crippen LogP contribution in [0.4, 0.5) is 0 Å². The molecular formula is C23H23N7O3. The molecule has 4 heterocycles. The lowest BCUT2D eigenvalue weighted by Crippen LogP contribution is -2.38. The molecule has 2 amide bonds. The van der Waals surface area contributed by atoms with Gasteiger partial charge < -0.3 is 14.6 Å². The summed E-state index contributed by atoms with van der Waals surface area (Å²) in [7, 11) is 0. The van der Waals surface area contributed by atoms with Crippen molar-refractivity contribution in [2.75, 3.05) is 13.1 Å². The Balaban J connectivity index is 1.16. The molecule has 0 aliphatic carbocycles. The van der Waals surface area contributed by atoms with Gasteiger partial charge in [0.15, 0.2) is 5.69 Å². The van der Waals surface area contributed by atoms with E-state index in [2.05, 4.69) is 25.7 Å². The highest BCUT2D eigenvalue weighted by molar-refractivity contribution is 5.92. The van der Waals surface area contributed by atoms with E-state index < -0.39 is 0 Å². The summed E-state index contributed by atoms with van der Waals surface area (Å²) < 4.78 is 5.22. The van der Waals surface area contributed by atoms with Crippen LogP contribution >= 0.6 is 0 Å². The Morgan fingerprint density at radius 1 is 1.09 bits per heavy atom. The summed E-state index contributed by atoms with van der Waals surface area (Å²) in [6.07, 6.45) is 4.61. The van der Waals surface area contributed by atoms with Crippen molar-refractivity contribution in [1.82, 2.24) is 35.4 Å². The van der Waals surface area contributed by atoms with Crippen LogP contribution < -0.4 is 5.32 Å². The average molecular weight is 445 g/mol. The predicted molar refractivity (Wildman–Crippen MR) is 118 cm³/mol. The lowest BCUT2D eigenvalue weighted by atomic mass is 9.93. The third kappa shape index (κ3) is 4.54. The maximum Gasteiger partial charge on any atom is 0.276 e. The lowest BCUT2D eigenvalue weighted by Gasteiger charge is -2.30. The molecule has 10 nitrogen and oxygen atoms in total. The van der Waals surface area contributed by atoms with Gasteiger partial charge in [-0.2, -0.15) is 15.0 Å². The van der Waals surface area contributed by atoms with Crippen LogP contribution in [0.1, 0.15) is 51.2 Å². The predicted octanol–water partition coefficient (Wildman–Crippen LogP) is 2.53. The molecule has 0 radical (unpaired) electrons. The summed E-state index contributed by atoms with van der Waals surface area (Å²) >= 11 is 0. The van der Waals surface area contributed by atoms with Gasteiger partial charge in [-0.1, -0.05) is 18.2 Å². The third-order valence-electron chi connectivity index (χ3n) is 5.75. The van der Waals surface area contributed by atoms with E-state index in [0.29, 0.717) is 36.8 Å². The molecule has 0 saturated carbocycles. The number of nitrogens with one attached hydrogen (secondary N) is 2. The molecule has 2 N–H and O–H groups in total. The summed E-state index contributed by atoms with van der Waals surface area (Å²) in [5.74, 6) is 0.495. The molecule has 168 valence electrons. The third-order valence-corrected chi connectivity index (χ3v) is 5.75. The fourth-order valence-corrected chi connectivity index (χ4v) is 3.94. The minimum Gasteiger partial charge on any atom is -0.467 e. The van der Waals surface area contributed by atoms with Gasteiger partial charge in [-0.15, -0.1) is 5.10 Å². The van der Waals surface area contributed by atoms with Gasteiger partial charge in [0.2, 0.25) is 0 Å². The molecule has 10 heteroatoms. The molecular weight excluding hydrogens is 422 g/mol. The number of hydrogen-bond donors (Lipinski definition) is 2. The molecule has 0 atom stereocenters. The first kappa shape index (κ1) is 20.7. The summed E-state index contributed by atoms with van der Waals surface area (Å²) in [5, 5.41) is 18.5. The van der Waals surface area contributed by atoms with E-state index in [1.807, 2.05) is 30.3 Å². The Morgan fingerprint density at radius 3 is 2.67 bits per heavy atom. The SMILES string of the molecule is O=C(NCc1ccco1)c1cc(C2CCN(C(=O)c3cnn(-c4ccccc4)n3)CC2)[nH]n1. The molecule has 1 aliphatic rings. The zero-order valence-corrected chi connectivity index (χ0v) is 17.8. The number of para-hydroxylation sites is 1. The number of furan rings is 1. The van der Waals surface area contributed by atoms with Gasteiger partial charge in [0.05, 0.1) is 24.7 Å². The van der Waals surface area contributed by atoms with Crippen molar-refractivity contribution in [3.8, 4) is 5.69 Å². The van der Waals surface area contributed by atoms with Crippen LogP contribution in [0, 0.1) is 0 Å². The monoisotopic (exact) mass is 445 g/mol. The number of carbonyl (C=O) groups is 2. The Bertz CT molecular complexity index is 1220. The summed E-state index contributed by atoms with van der Waals surface area (Å²) in [5.41, 5.74) is 2.38. The van der Waals surface area contributed by atoms with Crippen molar-refractivity contribution in [1.29, 1.82) is 0 Å². The van der Waals surface area contributed by atoms with Crippen LogP contribution in [0.25, 0.3) is 5.69 Å². The molecule has 4 aromatic rings. The van der Waals surface area contributed by atoms with Crippen molar-refractivity contribution < 1.29 is 14.0 Å². The van der Waals surface area contributed by atoms with Crippen LogP contribution in [0.5, 0.6) is 0 Å². The van der Waals surface area contributed by atoms with Gasteiger partial charge in [0, 0.05) is 24.7 Å². The first-order valence-corrected chi connectivity index (χ1v) is 10.8. The number of rotatable bonds is 6. The zero-order chi connectivity index (χ0) is 22.6. The Labute approximate surface area is 189 Å². The fraction of sp³-hybridized carbons (Fsp3) is 0.261. The maximum absolute atomic E-state index is 12.9. The second kappa shape index (κ2) is 9.11. The number of amides is 2. The van der Waals surface area contributed by atoms with Crippen LogP contribution in [0.3, 0.4) is 0 Å². The first-order valence-electron chi connectivity index (χ1n) is 10.8. The number of nitrogens with zero attached hydrogens (tertiary/aromatic N) is 5. The number of carbonyl (C=O) groups excluding carboxylic acids is 2. The van der Waals surface area contributed by atoms with E-state index >= 15 is 0 Å². The molecule has 1 fully saturated rings. The highest BCUT2D eigenvalue weighted by Gasteiger charge is 2.27. The van der Waals surface area contributed by atoms with Crippen molar-refractivity contribution in [2.24, 2.45) is 0 Å². The van der Waals surface area contributed by atoms with E-state index in [4.69, 9.17) is 4.42 Å². The Hall–Kier alpha value is -4.21. The molecule has 5 rings (SSSR count). The highest BCUT2D eigenvalue weighted by atomic mass is 16.3. The standard InChI is InChI=1S/C23H23N7O3/c31-22(24-14-18-7-4-12-33-18)20-13-19(26-27-20)16-8-10-29(11-9-16)23(32)21-15-25-30(28-21)17-5-2-1-3-6-17/h1-7,12-13,15-16H,8-11,14H2,(H,24,31)(H,26,27). The van der Waals surface area contributed by atoms with Crippen molar-refractivity contribution in [3.63, 3.8) is 0 Å². The smallest absolute Gasteiger partial charge is 0.276 e. The van der Waals surface area contributed by atoms with Gasteiger partial charge in [-0.05, 0) is 43.2 Å². The minimum atomic E-state index is -0.261. The molecule has 33 heavy (non-hydrogen) atoms. The van der Waals surface area contributed by atoms with Gasteiger partial charge in [0.25, 0.3) is 11.8 Å². The van der Waals surface area contributed by atoms with Crippen molar-refractivity contribution >= 4 is 11.8 Å². The van der Waals surface area contributed by atoms with Crippen LogP contribution in [-0.2, 0) is 6.54 Å². The van der Waals surface area contributed by atoms with E-state index in [1.54, 1.807) is 29.4 Å². The molecule has 0 bridgehead atoms. The first-order chi connectivity index (χ1) is 16.2. The van der Waals surface area contributed by atoms with Crippen molar-refractivity contribution in [2.45, 2.75) is 25.3 Å². The second-order valence-electron chi connectivity index (χ2n) is 7.89. The molecule has 3 aromatic heterocycles. The molecule has 1 aliphatic heterocycles. The number of benzene rings is 1. The van der Waals surface area contributed by atoms with Crippen LogP contribution in [0.2, 0.25) is 0 Å². The van der Waals surface area contributed by atoms with Crippen LogP contribution in [-0.4, -0.2) is 55.0 Å². The van der Waals surface area contributed by atoms with E-state index in [9.17, 15) is 9.59 Å². The largest absolute Gasteiger partial charge is 0.467 e. The topological polar surface area (TPSA) is 122 Å². The molecule has 0 unspecified atom stereocenters. The van der Waals surface area contributed by atoms with E-state index in [0.717, 1.165) is 24.2 Å². The quantitative estimate of drug-likeness (QED) is 0.470. The molecule has 1 aromatic carbocycles. The van der Waals surface area contributed by atoms with Gasteiger partial charge in [-0.25, -0.2) is 0 Å². The highest BCUT2D eigenvalue weighted by Crippen LogP contribution is 2.27. The zero-order valence-electron chi connectivity index (χ0n) is 17.8. The molecule has 1 saturated heterocycles. The number of likely N-dealkylation sites (tertiary alicyclic amines) is 1. The number of aromatic nitrogens is 5. The van der Waals surface area contributed by atoms with Gasteiger partial charge in [-0.3, -0.25) is 14.7 Å². The van der Waals surface area contributed by atoms with Gasteiger partial charge >= 0.3 is 0 Å². The Morgan fingerprint density at radius 2 is 1.91 bits per heavy atom. The summed E-state index contributed by atoms with van der Waals surface area (Å²) in [4.78, 5) is 28.5. The van der Waals surface area contributed by atoms with E-state index in [-0.39, 0.29) is 17.7 Å². The minimum absolute atomic E-state index is 0.127. The second-order valence-corrected chi connectivity index (χ2v) is 7.89. The average Bonchev–Trinajstić information content (AvgIpc) is 3.64.